The highest BCUT2D eigenvalue weighted by Gasteiger charge is 2.44. The summed E-state index contributed by atoms with van der Waals surface area (Å²) >= 11 is 0. The number of methoxy groups -OCH3 is 1. The maximum atomic E-state index is 12.1. The average molecular weight is 357 g/mol. The molecule has 1 aromatic carbocycles. The maximum absolute atomic E-state index is 12.1. The van der Waals surface area contributed by atoms with Crippen molar-refractivity contribution < 1.29 is 19.0 Å². The summed E-state index contributed by atoms with van der Waals surface area (Å²) in [5, 5.41) is 6.19. The second kappa shape index (κ2) is 9.11. The number of halogens is 1. The molecule has 1 heterocycles. The number of amides is 1. The minimum absolute atomic E-state index is 0. The summed E-state index contributed by atoms with van der Waals surface area (Å²) in [6.07, 6.45) is 0.905. The lowest BCUT2D eigenvalue weighted by Crippen LogP contribution is -2.34. The lowest BCUT2D eigenvalue weighted by atomic mass is 10.1. The van der Waals surface area contributed by atoms with Crippen LogP contribution in [0.3, 0.4) is 0 Å². The molecule has 2 atom stereocenters. The van der Waals surface area contributed by atoms with Crippen molar-refractivity contribution >= 4 is 18.3 Å². The Bertz CT molecular complexity index is 555. The fraction of sp³-hybridized carbons (Fsp3) is 0.588. The SMILES string of the molecule is COCCNCCNC(=O)C1CC1c1ccc2c(c1)OCCO2.Cl. The van der Waals surface area contributed by atoms with Crippen molar-refractivity contribution in [3.63, 3.8) is 0 Å². The van der Waals surface area contributed by atoms with Crippen LogP contribution in [0.4, 0.5) is 0 Å². The predicted octanol–water partition coefficient (Wildman–Crippen LogP) is 1.34. The summed E-state index contributed by atoms with van der Waals surface area (Å²) in [7, 11) is 1.68. The van der Waals surface area contributed by atoms with Gasteiger partial charge in [-0.25, -0.2) is 0 Å². The summed E-state index contributed by atoms with van der Waals surface area (Å²) in [5.74, 6) is 2.10. The molecule has 1 aliphatic heterocycles. The number of fused-ring (bicyclic) bond motifs is 1. The quantitative estimate of drug-likeness (QED) is 0.688. The summed E-state index contributed by atoms with van der Waals surface area (Å²) in [5.41, 5.74) is 1.16. The molecule has 3 rings (SSSR count). The Labute approximate surface area is 148 Å². The number of benzene rings is 1. The van der Waals surface area contributed by atoms with Crippen molar-refractivity contribution in [3.05, 3.63) is 23.8 Å². The highest BCUT2D eigenvalue weighted by atomic mass is 35.5. The Morgan fingerprint density at radius 3 is 2.79 bits per heavy atom. The number of nitrogens with one attached hydrogen (secondary N) is 2. The van der Waals surface area contributed by atoms with Crippen LogP contribution in [0.25, 0.3) is 0 Å². The smallest absolute Gasteiger partial charge is 0.223 e. The van der Waals surface area contributed by atoms with E-state index in [-0.39, 0.29) is 24.2 Å². The molecule has 1 saturated carbocycles. The topological polar surface area (TPSA) is 68.8 Å². The van der Waals surface area contributed by atoms with Crippen LogP contribution < -0.4 is 20.1 Å². The lowest BCUT2D eigenvalue weighted by Gasteiger charge is -2.18. The van der Waals surface area contributed by atoms with Crippen molar-refractivity contribution in [2.24, 2.45) is 5.92 Å². The molecule has 7 heteroatoms. The van der Waals surface area contributed by atoms with Crippen molar-refractivity contribution in [1.29, 1.82) is 0 Å². The highest BCUT2D eigenvalue weighted by Crippen LogP contribution is 2.49. The van der Waals surface area contributed by atoms with Gasteiger partial charge in [0.25, 0.3) is 0 Å². The molecule has 2 unspecified atom stereocenters. The predicted molar refractivity (Wildman–Crippen MR) is 93.3 cm³/mol. The zero-order valence-corrected chi connectivity index (χ0v) is 14.7. The Kier molecular flexibility index (Phi) is 7.15. The van der Waals surface area contributed by atoms with Crippen LogP contribution in [-0.2, 0) is 9.53 Å². The second-order valence-corrected chi connectivity index (χ2v) is 5.89. The number of carbonyl (C=O) groups is 1. The van der Waals surface area contributed by atoms with Gasteiger partial charge in [-0.1, -0.05) is 6.07 Å². The molecule has 1 amide bonds. The van der Waals surface area contributed by atoms with Gasteiger partial charge in [0.1, 0.15) is 13.2 Å². The van der Waals surface area contributed by atoms with Gasteiger partial charge in [-0.15, -0.1) is 12.4 Å². The van der Waals surface area contributed by atoms with Gasteiger partial charge in [0.05, 0.1) is 6.61 Å². The molecule has 134 valence electrons. The van der Waals surface area contributed by atoms with Gasteiger partial charge in [0, 0.05) is 32.7 Å². The second-order valence-electron chi connectivity index (χ2n) is 5.89. The first-order valence-electron chi connectivity index (χ1n) is 8.16. The van der Waals surface area contributed by atoms with Gasteiger partial charge in [0.2, 0.25) is 5.91 Å². The maximum Gasteiger partial charge on any atom is 0.223 e. The number of hydrogen-bond acceptors (Lipinski definition) is 5. The molecular weight excluding hydrogens is 332 g/mol. The van der Waals surface area contributed by atoms with E-state index in [1.807, 2.05) is 18.2 Å². The number of carbonyl (C=O) groups excluding carboxylic acids is 1. The van der Waals surface area contributed by atoms with E-state index in [9.17, 15) is 4.79 Å². The van der Waals surface area contributed by atoms with Crippen molar-refractivity contribution in [2.75, 3.05) is 46.6 Å². The first-order valence-corrected chi connectivity index (χ1v) is 8.16. The zero-order valence-electron chi connectivity index (χ0n) is 13.9. The first-order chi connectivity index (χ1) is 11.3. The summed E-state index contributed by atoms with van der Waals surface area (Å²) in [6, 6.07) is 5.99. The monoisotopic (exact) mass is 356 g/mol. The minimum atomic E-state index is 0. The van der Waals surface area contributed by atoms with Crippen LogP contribution in [0.1, 0.15) is 17.9 Å². The summed E-state index contributed by atoms with van der Waals surface area (Å²) in [4.78, 5) is 12.1. The molecule has 6 nitrogen and oxygen atoms in total. The standard InChI is InChI=1S/C17H24N2O4.ClH/c1-21-7-6-18-4-5-19-17(20)14-11-13(14)12-2-3-15-16(10-12)23-9-8-22-15;/h2-3,10,13-14,18H,4-9,11H2,1H3,(H,19,20);1H. The Hall–Kier alpha value is -1.50. The van der Waals surface area contributed by atoms with E-state index in [4.69, 9.17) is 14.2 Å². The van der Waals surface area contributed by atoms with Crippen molar-refractivity contribution in [1.82, 2.24) is 10.6 Å². The van der Waals surface area contributed by atoms with E-state index >= 15 is 0 Å². The fourth-order valence-corrected chi connectivity index (χ4v) is 2.85. The molecule has 0 saturated heterocycles. The van der Waals surface area contributed by atoms with E-state index in [0.29, 0.717) is 32.3 Å². The van der Waals surface area contributed by atoms with E-state index < -0.39 is 0 Å². The van der Waals surface area contributed by atoms with Crippen LogP contribution >= 0.6 is 12.4 Å². The zero-order chi connectivity index (χ0) is 16.1. The van der Waals surface area contributed by atoms with Crippen LogP contribution in [0.2, 0.25) is 0 Å². The van der Waals surface area contributed by atoms with Gasteiger partial charge in [-0.3, -0.25) is 4.79 Å². The average Bonchev–Trinajstić information content (AvgIpc) is 3.38. The molecular formula is C17H25ClN2O4. The largest absolute Gasteiger partial charge is 0.486 e. The lowest BCUT2D eigenvalue weighted by molar-refractivity contribution is -0.122. The summed E-state index contributed by atoms with van der Waals surface area (Å²) in [6.45, 7) is 4.07. The number of hydrogen-bond donors (Lipinski definition) is 2. The van der Waals surface area contributed by atoms with Gasteiger partial charge in [0.15, 0.2) is 11.5 Å². The van der Waals surface area contributed by atoms with Gasteiger partial charge in [-0.2, -0.15) is 0 Å². The van der Waals surface area contributed by atoms with Crippen molar-refractivity contribution in [2.45, 2.75) is 12.3 Å². The Balaban J connectivity index is 0.00000208. The molecule has 1 aromatic rings. The number of ether oxygens (including phenoxy) is 3. The summed E-state index contributed by atoms with van der Waals surface area (Å²) < 4.78 is 16.1. The normalized spacial score (nSPS) is 20.9. The molecule has 1 aliphatic carbocycles. The minimum Gasteiger partial charge on any atom is -0.486 e. The Morgan fingerprint density at radius 1 is 1.21 bits per heavy atom. The first kappa shape index (κ1) is 18.8. The van der Waals surface area contributed by atoms with Gasteiger partial charge < -0.3 is 24.8 Å². The molecule has 0 aromatic heterocycles. The van der Waals surface area contributed by atoms with E-state index in [1.165, 1.54) is 0 Å². The van der Waals surface area contributed by atoms with Crippen LogP contribution in [0.5, 0.6) is 11.5 Å². The molecule has 0 spiro atoms. The Morgan fingerprint density at radius 2 is 2.00 bits per heavy atom. The number of rotatable bonds is 8. The molecule has 0 bridgehead atoms. The van der Waals surface area contributed by atoms with Crippen LogP contribution in [-0.4, -0.2) is 52.5 Å². The molecule has 2 N–H and O–H groups in total. The van der Waals surface area contributed by atoms with E-state index in [2.05, 4.69) is 10.6 Å². The van der Waals surface area contributed by atoms with Gasteiger partial charge in [-0.05, 0) is 30.0 Å². The molecule has 1 fully saturated rings. The van der Waals surface area contributed by atoms with Crippen molar-refractivity contribution in [3.8, 4) is 11.5 Å². The van der Waals surface area contributed by atoms with E-state index in [1.54, 1.807) is 7.11 Å². The van der Waals surface area contributed by atoms with E-state index in [0.717, 1.165) is 36.6 Å². The fourth-order valence-electron chi connectivity index (χ4n) is 2.85. The highest BCUT2D eigenvalue weighted by molar-refractivity contribution is 5.85. The van der Waals surface area contributed by atoms with Crippen LogP contribution in [0.15, 0.2) is 18.2 Å². The third kappa shape index (κ3) is 4.75. The third-order valence-electron chi connectivity index (χ3n) is 4.21. The molecule has 2 aliphatic rings. The van der Waals surface area contributed by atoms with Gasteiger partial charge >= 0.3 is 0 Å². The third-order valence-corrected chi connectivity index (χ3v) is 4.21. The van der Waals surface area contributed by atoms with Crippen LogP contribution in [0, 0.1) is 5.92 Å². The molecule has 24 heavy (non-hydrogen) atoms. The molecule has 0 radical (unpaired) electrons.